The second-order valence-electron chi connectivity index (χ2n) is 3.98. The molecule has 0 bridgehead atoms. The van der Waals surface area contributed by atoms with Crippen LogP contribution in [0.15, 0.2) is 72.4 Å². The van der Waals surface area contributed by atoms with Crippen molar-refractivity contribution in [2.45, 2.75) is 6.42 Å². The van der Waals surface area contributed by atoms with E-state index < -0.39 is 0 Å². The lowest BCUT2D eigenvalue weighted by Crippen LogP contribution is -2.12. The van der Waals surface area contributed by atoms with Gasteiger partial charge in [-0.1, -0.05) is 38.5 Å². The van der Waals surface area contributed by atoms with Crippen molar-refractivity contribution in [3.63, 3.8) is 0 Å². The van der Waals surface area contributed by atoms with Gasteiger partial charge >= 0.3 is 0 Å². The minimum atomic E-state index is 0.391. The average molecular weight is 270 g/mol. The van der Waals surface area contributed by atoms with Crippen LogP contribution in [0.2, 0.25) is 0 Å². The Labute approximate surface area is 121 Å². The zero-order valence-electron chi connectivity index (χ0n) is 12.1. The smallest absolute Gasteiger partial charge is 0.0985 e. The SMILES string of the molecule is C=CC1=C(C(=C)C(=C)/C=C\C(=C)C#N)COCC1.CN. The molecule has 0 aliphatic carbocycles. The number of ether oxygens (including phenoxy) is 1. The van der Waals surface area contributed by atoms with Gasteiger partial charge in [-0.2, -0.15) is 5.26 Å². The van der Waals surface area contributed by atoms with Crippen molar-refractivity contribution in [2.24, 2.45) is 5.73 Å². The van der Waals surface area contributed by atoms with Gasteiger partial charge in [-0.15, -0.1) is 0 Å². The van der Waals surface area contributed by atoms with E-state index in [4.69, 9.17) is 10.00 Å². The summed E-state index contributed by atoms with van der Waals surface area (Å²) in [7, 11) is 1.50. The normalized spacial score (nSPS) is 14.1. The van der Waals surface area contributed by atoms with Gasteiger partial charge in [0.15, 0.2) is 0 Å². The lowest BCUT2D eigenvalue weighted by atomic mass is 9.93. The summed E-state index contributed by atoms with van der Waals surface area (Å²) < 4.78 is 5.43. The zero-order chi connectivity index (χ0) is 15.5. The van der Waals surface area contributed by atoms with E-state index in [1.54, 1.807) is 12.2 Å². The van der Waals surface area contributed by atoms with Crippen LogP contribution < -0.4 is 5.73 Å². The van der Waals surface area contributed by atoms with E-state index in [0.29, 0.717) is 18.8 Å². The van der Waals surface area contributed by atoms with Crippen LogP contribution in [0.25, 0.3) is 0 Å². The summed E-state index contributed by atoms with van der Waals surface area (Å²) in [5, 5.41) is 8.62. The van der Waals surface area contributed by atoms with Crippen molar-refractivity contribution in [1.29, 1.82) is 5.26 Å². The van der Waals surface area contributed by atoms with Crippen LogP contribution in [0.4, 0.5) is 0 Å². The number of rotatable bonds is 5. The van der Waals surface area contributed by atoms with Gasteiger partial charge < -0.3 is 10.5 Å². The first-order chi connectivity index (χ1) is 9.60. The zero-order valence-corrected chi connectivity index (χ0v) is 12.1. The summed E-state index contributed by atoms with van der Waals surface area (Å²) in [6, 6.07) is 1.95. The van der Waals surface area contributed by atoms with Crippen LogP contribution in [0.3, 0.4) is 0 Å². The first-order valence-electron chi connectivity index (χ1n) is 6.25. The fourth-order valence-electron chi connectivity index (χ4n) is 1.64. The molecule has 0 saturated heterocycles. The molecule has 1 aliphatic rings. The summed E-state index contributed by atoms with van der Waals surface area (Å²) in [6.07, 6.45) is 6.07. The van der Waals surface area contributed by atoms with Crippen molar-refractivity contribution in [3.8, 4) is 6.07 Å². The molecule has 0 atom stereocenters. The molecule has 0 unspecified atom stereocenters. The van der Waals surface area contributed by atoms with E-state index in [1.165, 1.54) is 7.05 Å². The molecule has 3 nitrogen and oxygen atoms in total. The molecule has 1 heterocycles. The second kappa shape index (κ2) is 9.74. The van der Waals surface area contributed by atoms with E-state index in [-0.39, 0.29) is 0 Å². The third-order valence-corrected chi connectivity index (χ3v) is 2.78. The monoisotopic (exact) mass is 270 g/mol. The fourth-order valence-corrected chi connectivity index (χ4v) is 1.64. The molecule has 3 heteroatoms. The minimum Gasteiger partial charge on any atom is -0.376 e. The van der Waals surface area contributed by atoms with Gasteiger partial charge in [-0.25, -0.2) is 0 Å². The molecular weight excluding hydrogens is 248 g/mol. The number of hydrogen-bond donors (Lipinski definition) is 1. The van der Waals surface area contributed by atoms with Gasteiger partial charge in [0, 0.05) is 5.57 Å². The molecule has 0 fully saturated rings. The predicted octanol–water partition coefficient (Wildman–Crippen LogP) is 3.21. The highest BCUT2D eigenvalue weighted by molar-refractivity contribution is 5.54. The Balaban J connectivity index is 0.00000172. The first-order valence-corrected chi connectivity index (χ1v) is 6.25. The Kier molecular flexibility index (Phi) is 8.69. The van der Waals surface area contributed by atoms with Gasteiger partial charge in [0.2, 0.25) is 0 Å². The minimum absolute atomic E-state index is 0.391. The third-order valence-electron chi connectivity index (χ3n) is 2.78. The lowest BCUT2D eigenvalue weighted by molar-refractivity contribution is 0.149. The highest BCUT2D eigenvalue weighted by Gasteiger charge is 2.14. The third kappa shape index (κ3) is 5.23. The fraction of sp³-hybridized carbons (Fsp3) is 0.235. The standard InChI is InChI=1S/C16H17NO.CH5N/c1-5-15-8-9-18-11-16(15)14(4)13(3)7-6-12(2)10-17;1-2/h5-7H,1-4,8-9,11H2;2H2,1H3/b7-6-;. The van der Waals surface area contributed by atoms with Crippen molar-refractivity contribution >= 4 is 0 Å². The predicted molar refractivity (Wildman–Crippen MR) is 84.9 cm³/mol. The van der Waals surface area contributed by atoms with Crippen LogP contribution in [0.1, 0.15) is 6.42 Å². The van der Waals surface area contributed by atoms with Crippen molar-refractivity contribution in [3.05, 3.63) is 72.4 Å². The molecule has 0 radical (unpaired) electrons. The van der Waals surface area contributed by atoms with Crippen LogP contribution in [-0.2, 0) is 4.74 Å². The summed E-state index contributed by atoms with van der Waals surface area (Å²) in [5.74, 6) is 0. The van der Waals surface area contributed by atoms with Crippen LogP contribution in [0.5, 0.6) is 0 Å². The molecule has 0 spiro atoms. The van der Waals surface area contributed by atoms with Crippen LogP contribution in [-0.4, -0.2) is 20.3 Å². The van der Waals surface area contributed by atoms with E-state index in [2.05, 4.69) is 32.0 Å². The second-order valence-corrected chi connectivity index (χ2v) is 3.98. The van der Waals surface area contributed by atoms with Crippen molar-refractivity contribution in [2.75, 3.05) is 20.3 Å². The Morgan fingerprint density at radius 2 is 1.95 bits per heavy atom. The lowest BCUT2D eigenvalue weighted by Gasteiger charge is -2.20. The van der Waals surface area contributed by atoms with Crippen LogP contribution in [0, 0.1) is 11.3 Å². The maximum atomic E-state index is 8.62. The Hall–Kier alpha value is -2.15. The molecule has 0 saturated carbocycles. The Morgan fingerprint density at radius 3 is 2.50 bits per heavy atom. The number of nitrogens with two attached hydrogens (primary N) is 1. The highest BCUT2D eigenvalue weighted by Crippen LogP contribution is 2.26. The molecule has 2 N–H and O–H groups in total. The first kappa shape index (κ1) is 17.8. The highest BCUT2D eigenvalue weighted by atomic mass is 16.5. The molecular formula is C17H22N2O. The number of nitriles is 1. The molecule has 20 heavy (non-hydrogen) atoms. The van der Waals surface area contributed by atoms with Gasteiger partial charge in [0.05, 0.1) is 19.3 Å². The molecule has 0 amide bonds. The van der Waals surface area contributed by atoms with E-state index >= 15 is 0 Å². The summed E-state index contributed by atoms with van der Waals surface area (Å²) in [4.78, 5) is 0. The van der Waals surface area contributed by atoms with Crippen molar-refractivity contribution in [1.82, 2.24) is 0 Å². The van der Waals surface area contributed by atoms with Crippen LogP contribution >= 0.6 is 0 Å². The average Bonchev–Trinajstić information content (AvgIpc) is 2.53. The van der Waals surface area contributed by atoms with E-state index in [1.807, 2.05) is 12.1 Å². The maximum Gasteiger partial charge on any atom is 0.0985 e. The molecule has 0 aromatic carbocycles. The Bertz CT molecular complexity index is 502. The van der Waals surface area contributed by atoms with Gasteiger partial charge in [-0.05, 0) is 41.8 Å². The topological polar surface area (TPSA) is 59.0 Å². The molecule has 106 valence electrons. The molecule has 0 aromatic heterocycles. The summed E-state index contributed by atoms with van der Waals surface area (Å²) in [5.41, 5.74) is 8.66. The number of hydrogen-bond acceptors (Lipinski definition) is 3. The van der Waals surface area contributed by atoms with E-state index in [9.17, 15) is 0 Å². The largest absolute Gasteiger partial charge is 0.376 e. The molecule has 0 aromatic rings. The van der Waals surface area contributed by atoms with Gasteiger partial charge in [0.1, 0.15) is 0 Å². The van der Waals surface area contributed by atoms with Crippen molar-refractivity contribution < 1.29 is 4.74 Å². The molecule has 1 aliphatic heterocycles. The van der Waals surface area contributed by atoms with Gasteiger partial charge in [-0.3, -0.25) is 0 Å². The molecule has 1 rings (SSSR count). The number of allylic oxidation sites excluding steroid dienone is 5. The summed E-state index contributed by atoms with van der Waals surface area (Å²) >= 11 is 0. The number of nitrogens with zero attached hydrogens (tertiary/aromatic N) is 1. The summed E-state index contributed by atoms with van der Waals surface area (Å²) in [6.45, 7) is 16.6. The van der Waals surface area contributed by atoms with E-state index in [0.717, 1.165) is 28.7 Å². The maximum absolute atomic E-state index is 8.62. The Morgan fingerprint density at radius 1 is 1.30 bits per heavy atom. The quantitative estimate of drug-likeness (QED) is 0.616. The van der Waals surface area contributed by atoms with Gasteiger partial charge in [0.25, 0.3) is 0 Å².